The number of nitrogens with zero attached hydrogens (tertiary/aromatic N) is 1. The van der Waals surface area contributed by atoms with Crippen molar-refractivity contribution in [1.82, 2.24) is 0 Å². The van der Waals surface area contributed by atoms with Crippen LogP contribution in [0.5, 0.6) is 11.5 Å². The Labute approximate surface area is 194 Å². The molecule has 1 heterocycles. The van der Waals surface area contributed by atoms with E-state index in [9.17, 15) is 13.2 Å². The number of carbonyl (C=O) groups excluding carboxylic acids is 1. The Morgan fingerprint density at radius 2 is 1.76 bits per heavy atom. The highest BCUT2D eigenvalue weighted by Gasteiger charge is 2.29. The van der Waals surface area contributed by atoms with Crippen LogP contribution in [-0.4, -0.2) is 34.6 Å². The molecule has 1 aliphatic heterocycles. The molecule has 0 spiro atoms. The number of hydrogen-bond acceptors (Lipinski definition) is 5. The Kier molecular flexibility index (Phi) is 6.55. The molecule has 1 amide bonds. The van der Waals surface area contributed by atoms with E-state index in [1.807, 2.05) is 19.1 Å². The van der Waals surface area contributed by atoms with Crippen LogP contribution in [0.15, 0.2) is 71.6 Å². The van der Waals surface area contributed by atoms with Crippen molar-refractivity contribution in [1.29, 1.82) is 0 Å². The van der Waals surface area contributed by atoms with Gasteiger partial charge in [0.05, 0.1) is 17.7 Å². The van der Waals surface area contributed by atoms with Gasteiger partial charge in [0.1, 0.15) is 0 Å². The Balaban J connectivity index is 1.52. The molecule has 0 bridgehead atoms. The van der Waals surface area contributed by atoms with E-state index >= 15 is 0 Å². The van der Waals surface area contributed by atoms with Crippen LogP contribution in [-0.2, 0) is 21.2 Å². The van der Waals surface area contributed by atoms with Gasteiger partial charge in [-0.05, 0) is 61.7 Å². The molecule has 4 rings (SSSR count). The van der Waals surface area contributed by atoms with Crippen LogP contribution < -0.4 is 19.1 Å². The van der Waals surface area contributed by atoms with E-state index in [-0.39, 0.29) is 17.4 Å². The molecule has 0 aromatic heterocycles. The first-order valence-corrected chi connectivity index (χ1v) is 12.1. The van der Waals surface area contributed by atoms with Crippen molar-refractivity contribution in [2.75, 3.05) is 29.9 Å². The molecule has 1 aliphatic rings. The second-order valence-electron chi connectivity index (χ2n) is 7.82. The second-order valence-corrected chi connectivity index (χ2v) is 9.69. The van der Waals surface area contributed by atoms with Gasteiger partial charge in [-0.25, -0.2) is 8.42 Å². The fourth-order valence-corrected chi connectivity index (χ4v) is 5.32. The summed E-state index contributed by atoms with van der Waals surface area (Å²) in [6.45, 7) is 2.10. The molecule has 3 aromatic carbocycles. The third-order valence-corrected chi connectivity index (χ3v) is 7.31. The zero-order valence-corrected chi connectivity index (χ0v) is 19.4. The molecule has 7 nitrogen and oxygen atoms in total. The molecule has 1 N–H and O–H groups in total. The summed E-state index contributed by atoms with van der Waals surface area (Å²) in [5.41, 5.74) is 3.02. The van der Waals surface area contributed by atoms with E-state index in [2.05, 4.69) is 5.32 Å². The molecule has 33 heavy (non-hydrogen) atoms. The number of fused-ring (bicyclic) bond motifs is 1. The number of amides is 1. The van der Waals surface area contributed by atoms with Crippen molar-refractivity contribution >= 4 is 27.3 Å². The highest BCUT2D eigenvalue weighted by Crippen LogP contribution is 2.34. The summed E-state index contributed by atoms with van der Waals surface area (Å²) in [5, 5.41) is 2.79. The third-order valence-electron chi connectivity index (χ3n) is 5.48. The minimum absolute atomic E-state index is 0.206. The summed E-state index contributed by atoms with van der Waals surface area (Å²) in [5.74, 6) is 0.650. The first-order valence-electron chi connectivity index (χ1n) is 10.7. The molecule has 0 radical (unpaired) electrons. The maximum absolute atomic E-state index is 13.3. The first-order chi connectivity index (χ1) is 15.9. The van der Waals surface area contributed by atoms with E-state index in [0.29, 0.717) is 29.4 Å². The maximum Gasteiger partial charge on any atom is 0.264 e. The number of para-hydroxylation sites is 2. The highest BCUT2D eigenvalue weighted by atomic mass is 32.2. The number of nitrogens with one attached hydrogen (secondary N) is 1. The fraction of sp³-hybridized carbons (Fsp3) is 0.240. The molecule has 0 atom stereocenters. The number of carbonyl (C=O) groups is 1. The number of benzene rings is 3. The van der Waals surface area contributed by atoms with E-state index in [4.69, 9.17) is 9.47 Å². The number of methoxy groups -OCH3 is 1. The number of ether oxygens (including phenoxy) is 2. The fourth-order valence-electron chi connectivity index (χ4n) is 3.78. The third kappa shape index (κ3) is 4.96. The average molecular weight is 467 g/mol. The number of anilines is 2. The van der Waals surface area contributed by atoms with Crippen LogP contribution >= 0.6 is 0 Å². The molecule has 0 fully saturated rings. The van der Waals surface area contributed by atoms with Crippen molar-refractivity contribution in [3.05, 3.63) is 77.9 Å². The first kappa shape index (κ1) is 22.7. The SMILES string of the molecule is COc1ccccc1OCC(=O)Nc1ccc2c(c1)N(S(=O)(=O)c1ccc(C)cc1)CCC2. The Morgan fingerprint density at radius 1 is 1.03 bits per heavy atom. The summed E-state index contributed by atoms with van der Waals surface area (Å²) in [7, 11) is -2.18. The van der Waals surface area contributed by atoms with Crippen LogP contribution in [0.1, 0.15) is 17.5 Å². The molecule has 0 aliphatic carbocycles. The lowest BCUT2D eigenvalue weighted by molar-refractivity contribution is -0.118. The predicted molar refractivity (Wildman–Crippen MR) is 128 cm³/mol. The molecule has 0 unspecified atom stereocenters. The highest BCUT2D eigenvalue weighted by molar-refractivity contribution is 7.92. The van der Waals surface area contributed by atoms with Crippen LogP contribution in [0.4, 0.5) is 11.4 Å². The molecule has 0 saturated carbocycles. The van der Waals surface area contributed by atoms with Crippen molar-refractivity contribution in [3.8, 4) is 11.5 Å². The summed E-state index contributed by atoms with van der Waals surface area (Å²) >= 11 is 0. The van der Waals surface area contributed by atoms with Gasteiger partial charge in [0, 0.05) is 12.2 Å². The van der Waals surface area contributed by atoms with Gasteiger partial charge in [0.25, 0.3) is 15.9 Å². The van der Waals surface area contributed by atoms with Crippen LogP contribution in [0.3, 0.4) is 0 Å². The van der Waals surface area contributed by atoms with Gasteiger partial charge < -0.3 is 14.8 Å². The van der Waals surface area contributed by atoms with Crippen molar-refractivity contribution in [3.63, 3.8) is 0 Å². The lowest BCUT2D eigenvalue weighted by Gasteiger charge is -2.31. The molecule has 8 heteroatoms. The number of hydrogen-bond donors (Lipinski definition) is 1. The molecule has 3 aromatic rings. The topological polar surface area (TPSA) is 84.9 Å². The summed E-state index contributed by atoms with van der Waals surface area (Å²) in [6.07, 6.45) is 1.51. The van der Waals surface area contributed by atoms with E-state index < -0.39 is 10.0 Å². The predicted octanol–water partition coefficient (Wildman–Crippen LogP) is 4.16. The van der Waals surface area contributed by atoms with Gasteiger partial charge >= 0.3 is 0 Å². The van der Waals surface area contributed by atoms with Crippen molar-refractivity contribution < 1.29 is 22.7 Å². The maximum atomic E-state index is 13.3. The normalized spacial score (nSPS) is 13.2. The number of sulfonamides is 1. The van der Waals surface area contributed by atoms with Gasteiger partial charge in [-0.3, -0.25) is 9.10 Å². The molecule has 172 valence electrons. The van der Waals surface area contributed by atoms with Gasteiger partial charge in [-0.2, -0.15) is 0 Å². The minimum atomic E-state index is -3.71. The monoisotopic (exact) mass is 466 g/mol. The van der Waals surface area contributed by atoms with Crippen LogP contribution in [0.25, 0.3) is 0 Å². The molecule has 0 saturated heterocycles. The second kappa shape index (κ2) is 9.54. The average Bonchev–Trinajstić information content (AvgIpc) is 2.82. The van der Waals surface area contributed by atoms with Gasteiger partial charge in [0.15, 0.2) is 18.1 Å². The number of aryl methyl sites for hydroxylation is 2. The standard InChI is InChI=1S/C25H26N2O5S/c1-18-9-13-21(14-10-18)33(29,30)27-15-5-6-19-11-12-20(16-22(19)27)26-25(28)17-32-24-8-4-3-7-23(24)31-2/h3-4,7-14,16H,5-6,15,17H2,1-2H3,(H,26,28). The lowest BCUT2D eigenvalue weighted by Crippen LogP contribution is -2.35. The Hall–Kier alpha value is -3.52. The summed E-state index contributed by atoms with van der Waals surface area (Å²) < 4.78 is 38.9. The van der Waals surface area contributed by atoms with E-state index in [1.54, 1.807) is 54.6 Å². The lowest BCUT2D eigenvalue weighted by atomic mass is 10.0. The zero-order chi connectivity index (χ0) is 23.4. The quantitative estimate of drug-likeness (QED) is 0.565. The van der Waals surface area contributed by atoms with Crippen LogP contribution in [0.2, 0.25) is 0 Å². The molecular weight excluding hydrogens is 440 g/mol. The largest absolute Gasteiger partial charge is 0.493 e. The van der Waals surface area contributed by atoms with E-state index in [1.165, 1.54) is 11.4 Å². The Morgan fingerprint density at radius 3 is 2.48 bits per heavy atom. The van der Waals surface area contributed by atoms with Crippen molar-refractivity contribution in [2.45, 2.75) is 24.7 Å². The molecular formula is C25H26N2O5S. The zero-order valence-electron chi connectivity index (χ0n) is 18.6. The summed E-state index contributed by atoms with van der Waals surface area (Å²) in [6, 6.07) is 19.3. The van der Waals surface area contributed by atoms with Gasteiger partial charge in [-0.1, -0.05) is 35.9 Å². The van der Waals surface area contributed by atoms with Crippen molar-refractivity contribution in [2.24, 2.45) is 0 Å². The van der Waals surface area contributed by atoms with Gasteiger partial charge in [0.2, 0.25) is 0 Å². The van der Waals surface area contributed by atoms with Crippen LogP contribution in [0, 0.1) is 6.92 Å². The minimum Gasteiger partial charge on any atom is -0.493 e. The van der Waals surface area contributed by atoms with Gasteiger partial charge in [-0.15, -0.1) is 0 Å². The summed E-state index contributed by atoms with van der Waals surface area (Å²) in [4.78, 5) is 12.7. The smallest absolute Gasteiger partial charge is 0.264 e. The van der Waals surface area contributed by atoms with E-state index in [0.717, 1.165) is 24.0 Å². The Bertz CT molecular complexity index is 1260. The number of rotatable bonds is 7.